The van der Waals surface area contributed by atoms with E-state index in [2.05, 4.69) is 0 Å². The molecule has 2 aromatic rings. The highest BCUT2D eigenvalue weighted by Crippen LogP contribution is 2.31. The summed E-state index contributed by atoms with van der Waals surface area (Å²) in [5.74, 6) is -0.196. The standard InChI is InChI=1S/C20H24O9/c21-9-16-17(25)18(26)19(27)20(29-16)28-15-6-4-12(22)8-11(15)3-1-10-2-5-13(23)14(24)7-10/h2,4-8,16-27H,1,3,9H2. The minimum Gasteiger partial charge on any atom is -0.508 e. The van der Waals surface area contributed by atoms with Crippen molar-refractivity contribution < 1.29 is 45.2 Å². The van der Waals surface area contributed by atoms with Crippen LogP contribution in [0.2, 0.25) is 0 Å². The van der Waals surface area contributed by atoms with Gasteiger partial charge in [0.05, 0.1) is 6.61 Å². The van der Waals surface area contributed by atoms with Crippen LogP contribution in [0.3, 0.4) is 0 Å². The molecule has 3 rings (SSSR count). The van der Waals surface area contributed by atoms with Crippen LogP contribution in [0, 0.1) is 0 Å². The van der Waals surface area contributed by atoms with Crippen LogP contribution in [0.4, 0.5) is 0 Å². The van der Waals surface area contributed by atoms with Crippen molar-refractivity contribution in [2.24, 2.45) is 0 Å². The molecule has 0 aromatic heterocycles. The first-order valence-electron chi connectivity index (χ1n) is 9.10. The number of phenols is 3. The molecule has 29 heavy (non-hydrogen) atoms. The van der Waals surface area contributed by atoms with Gasteiger partial charge in [0.25, 0.3) is 0 Å². The highest BCUT2D eigenvalue weighted by atomic mass is 16.7. The molecule has 1 aliphatic rings. The molecule has 158 valence electrons. The van der Waals surface area contributed by atoms with Gasteiger partial charge < -0.3 is 45.2 Å². The zero-order valence-electron chi connectivity index (χ0n) is 15.4. The highest BCUT2D eigenvalue weighted by molar-refractivity contribution is 5.43. The monoisotopic (exact) mass is 408 g/mol. The maximum atomic E-state index is 10.1. The molecular formula is C20H24O9. The van der Waals surface area contributed by atoms with Gasteiger partial charge in [0.2, 0.25) is 6.29 Å². The number of hydrogen-bond donors (Lipinski definition) is 7. The Morgan fingerprint density at radius 2 is 1.59 bits per heavy atom. The Kier molecular flexibility index (Phi) is 6.46. The molecule has 5 unspecified atom stereocenters. The zero-order chi connectivity index (χ0) is 21.1. The van der Waals surface area contributed by atoms with Crippen LogP contribution in [0.5, 0.6) is 23.0 Å². The van der Waals surface area contributed by atoms with Gasteiger partial charge in [-0.25, -0.2) is 0 Å². The van der Waals surface area contributed by atoms with Gasteiger partial charge in [0.1, 0.15) is 35.9 Å². The molecule has 1 saturated heterocycles. The maximum Gasteiger partial charge on any atom is 0.229 e. The van der Waals surface area contributed by atoms with Crippen LogP contribution in [-0.2, 0) is 17.6 Å². The molecule has 9 heteroatoms. The summed E-state index contributed by atoms with van der Waals surface area (Å²) in [6.07, 6.45) is -6.22. The zero-order valence-corrected chi connectivity index (χ0v) is 15.4. The van der Waals surface area contributed by atoms with Crippen molar-refractivity contribution in [2.75, 3.05) is 6.61 Å². The van der Waals surface area contributed by atoms with E-state index in [1.807, 2.05) is 0 Å². The second-order valence-corrected chi connectivity index (χ2v) is 6.93. The van der Waals surface area contributed by atoms with Gasteiger partial charge >= 0.3 is 0 Å². The molecular weight excluding hydrogens is 384 g/mol. The average Bonchev–Trinajstić information content (AvgIpc) is 2.70. The number of hydrogen-bond acceptors (Lipinski definition) is 9. The molecule has 7 N–H and O–H groups in total. The summed E-state index contributed by atoms with van der Waals surface area (Å²) < 4.78 is 11.0. The SMILES string of the molecule is OCC1OC(Oc2ccc(O)cc2CCc2ccc(O)c(O)c2)C(O)C(O)C1O. The topological polar surface area (TPSA) is 160 Å². The van der Waals surface area contributed by atoms with E-state index in [0.29, 0.717) is 18.4 Å². The fourth-order valence-electron chi connectivity index (χ4n) is 3.17. The second kappa shape index (κ2) is 8.85. The molecule has 0 aliphatic carbocycles. The summed E-state index contributed by atoms with van der Waals surface area (Å²) in [4.78, 5) is 0. The Hall–Kier alpha value is -2.56. The number of phenolic OH excluding ortho intramolecular Hbond substituents is 3. The van der Waals surface area contributed by atoms with Crippen molar-refractivity contribution in [3.8, 4) is 23.0 Å². The van der Waals surface area contributed by atoms with Crippen LogP contribution in [-0.4, -0.2) is 73.1 Å². The third-order valence-corrected chi connectivity index (χ3v) is 4.86. The predicted molar refractivity (Wildman–Crippen MR) is 99.7 cm³/mol. The molecule has 0 bridgehead atoms. The van der Waals surface area contributed by atoms with Crippen molar-refractivity contribution in [3.05, 3.63) is 47.5 Å². The van der Waals surface area contributed by atoms with Crippen LogP contribution >= 0.6 is 0 Å². The van der Waals surface area contributed by atoms with Crippen LogP contribution in [0.15, 0.2) is 36.4 Å². The number of aliphatic hydroxyl groups is 4. The summed E-state index contributed by atoms with van der Waals surface area (Å²) in [6.45, 7) is -0.572. The molecule has 5 atom stereocenters. The minimum atomic E-state index is -1.56. The lowest BCUT2D eigenvalue weighted by Gasteiger charge is -2.39. The lowest BCUT2D eigenvalue weighted by Crippen LogP contribution is -2.60. The summed E-state index contributed by atoms with van der Waals surface area (Å²) in [5.41, 5.74) is 1.30. The van der Waals surface area contributed by atoms with E-state index in [9.17, 15) is 35.7 Å². The van der Waals surface area contributed by atoms with E-state index >= 15 is 0 Å². The summed E-state index contributed by atoms with van der Waals surface area (Å²) in [7, 11) is 0. The largest absolute Gasteiger partial charge is 0.508 e. The molecule has 1 heterocycles. The first-order chi connectivity index (χ1) is 13.8. The molecule has 1 aliphatic heterocycles. The molecule has 2 aromatic carbocycles. The van der Waals surface area contributed by atoms with E-state index in [4.69, 9.17) is 9.47 Å². The predicted octanol–water partition coefficient (Wildman–Crippen LogP) is -0.233. The number of aromatic hydroxyl groups is 3. The first kappa shape index (κ1) is 21.2. The van der Waals surface area contributed by atoms with Gasteiger partial charge in [-0.1, -0.05) is 6.07 Å². The van der Waals surface area contributed by atoms with Gasteiger partial charge in [-0.2, -0.15) is 0 Å². The van der Waals surface area contributed by atoms with E-state index in [0.717, 1.165) is 5.56 Å². The van der Waals surface area contributed by atoms with Gasteiger partial charge in [-0.05, 0) is 54.3 Å². The molecule has 0 saturated carbocycles. The number of rotatable bonds is 6. The van der Waals surface area contributed by atoms with Crippen molar-refractivity contribution in [1.82, 2.24) is 0 Å². The normalized spacial score (nSPS) is 27.0. The second-order valence-electron chi connectivity index (χ2n) is 6.93. The fraction of sp³-hybridized carbons (Fsp3) is 0.400. The smallest absolute Gasteiger partial charge is 0.229 e. The quantitative estimate of drug-likeness (QED) is 0.320. The maximum absolute atomic E-state index is 10.1. The van der Waals surface area contributed by atoms with Gasteiger partial charge in [0, 0.05) is 0 Å². The van der Waals surface area contributed by atoms with Crippen molar-refractivity contribution >= 4 is 0 Å². The Labute approximate surface area is 166 Å². The van der Waals surface area contributed by atoms with Crippen LogP contribution in [0.25, 0.3) is 0 Å². The average molecular weight is 408 g/mol. The number of benzene rings is 2. The molecule has 0 radical (unpaired) electrons. The van der Waals surface area contributed by atoms with Crippen molar-refractivity contribution in [1.29, 1.82) is 0 Å². The molecule has 1 fully saturated rings. The molecule has 0 amide bonds. The van der Waals surface area contributed by atoms with Crippen LogP contribution < -0.4 is 4.74 Å². The highest BCUT2D eigenvalue weighted by Gasteiger charge is 2.44. The lowest BCUT2D eigenvalue weighted by molar-refractivity contribution is -0.277. The van der Waals surface area contributed by atoms with Gasteiger partial charge in [-0.15, -0.1) is 0 Å². The summed E-state index contributed by atoms with van der Waals surface area (Å²) in [6, 6.07) is 8.78. The van der Waals surface area contributed by atoms with Gasteiger partial charge in [0.15, 0.2) is 11.5 Å². The Balaban J connectivity index is 1.76. The van der Waals surface area contributed by atoms with E-state index in [1.54, 1.807) is 6.07 Å². The third kappa shape index (κ3) is 4.72. The van der Waals surface area contributed by atoms with Gasteiger partial charge in [-0.3, -0.25) is 0 Å². The van der Waals surface area contributed by atoms with E-state index in [-0.39, 0.29) is 23.0 Å². The van der Waals surface area contributed by atoms with Crippen molar-refractivity contribution in [3.63, 3.8) is 0 Å². The summed E-state index contributed by atoms with van der Waals surface area (Å²) >= 11 is 0. The lowest BCUT2D eigenvalue weighted by atomic mass is 9.99. The van der Waals surface area contributed by atoms with E-state index in [1.165, 1.54) is 30.3 Å². The van der Waals surface area contributed by atoms with Crippen LogP contribution in [0.1, 0.15) is 11.1 Å². The Morgan fingerprint density at radius 3 is 2.28 bits per heavy atom. The molecule has 0 spiro atoms. The summed E-state index contributed by atoms with van der Waals surface area (Å²) in [5, 5.41) is 68.0. The minimum absolute atomic E-state index is 0.00490. The molecule has 9 nitrogen and oxygen atoms in total. The fourth-order valence-corrected chi connectivity index (χ4v) is 3.17. The van der Waals surface area contributed by atoms with Crippen molar-refractivity contribution in [2.45, 2.75) is 43.5 Å². The number of aryl methyl sites for hydroxylation is 2. The Morgan fingerprint density at radius 1 is 0.828 bits per heavy atom. The Bertz CT molecular complexity index is 839. The number of aliphatic hydroxyl groups excluding tert-OH is 4. The number of ether oxygens (including phenoxy) is 2. The third-order valence-electron chi connectivity index (χ3n) is 4.86. The first-order valence-corrected chi connectivity index (χ1v) is 9.10. The van der Waals surface area contributed by atoms with E-state index < -0.39 is 37.3 Å².